The van der Waals surface area contributed by atoms with Gasteiger partial charge in [0.05, 0.1) is 26.0 Å². The standard InChI is InChI=1S/C24H23FN2O4/c1-16-4-10-20(22(12-16)29-2)24(28)27-26-14-18-7-11-21(23(13-18)30-3)31-15-17-5-8-19(25)9-6-17/h4-14H,15H2,1-3H3,(H,27,28)/b26-14+. The summed E-state index contributed by atoms with van der Waals surface area (Å²) in [5.41, 5.74) is 5.43. The summed E-state index contributed by atoms with van der Waals surface area (Å²) in [7, 11) is 3.05. The second-order valence-electron chi connectivity index (χ2n) is 6.73. The minimum atomic E-state index is -0.376. The van der Waals surface area contributed by atoms with Gasteiger partial charge in [0.25, 0.3) is 5.91 Å². The van der Waals surface area contributed by atoms with Gasteiger partial charge in [-0.1, -0.05) is 18.2 Å². The number of amides is 1. The zero-order valence-corrected chi connectivity index (χ0v) is 17.5. The van der Waals surface area contributed by atoms with E-state index in [1.165, 1.54) is 32.6 Å². The highest BCUT2D eigenvalue weighted by Gasteiger charge is 2.11. The smallest absolute Gasteiger partial charge is 0.275 e. The van der Waals surface area contributed by atoms with E-state index >= 15 is 0 Å². The topological polar surface area (TPSA) is 69.2 Å². The summed E-state index contributed by atoms with van der Waals surface area (Å²) in [6, 6.07) is 16.7. The van der Waals surface area contributed by atoms with Crippen LogP contribution in [0.15, 0.2) is 65.8 Å². The number of methoxy groups -OCH3 is 2. The molecule has 0 saturated heterocycles. The van der Waals surface area contributed by atoms with Gasteiger partial charge in [0.15, 0.2) is 11.5 Å². The molecule has 6 nitrogen and oxygen atoms in total. The highest BCUT2D eigenvalue weighted by molar-refractivity contribution is 5.97. The number of hydrogen-bond donors (Lipinski definition) is 1. The Morgan fingerprint density at radius 1 is 0.968 bits per heavy atom. The molecular formula is C24H23FN2O4. The van der Waals surface area contributed by atoms with Crippen LogP contribution in [0.25, 0.3) is 0 Å². The maximum absolute atomic E-state index is 13.0. The molecule has 0 fully saturated rings. The molecule has 1 amide bonds. The van der Waals surface area contributed by atoms with Crippen LogP contribution in [0, 0.1) is 12.7 Å². The largest absolute Gasteiger partial charge is 0.496 e. The lowest BCUT2D eigenvalue weighted by Gasteiger charge is -2.11. The fourth-order valence-electron chi connectivity index (χ4n) is 2.84. The molecule has 31 heavy (non-hydrogen) atoms. The molecule has 0 aliphatic heterocycles. The summed E-state index contributed by atoms with van der Waals surface area (Å²) in [5.74, 6) is 0.865. The van der Waals surface area contributed by atoms with Gasteiger partial charge in [0, 0.05) is 0 Å². The van der Waals surface area contributed by atoms with Crippen molar-refractivity contribution >= 4 is 12.1 Å². The number of nitrogens with one attached hydrogen (secondary N) is 1. The van der Waals surface area contributed by atoms with Crippen LogP contribution >= 0.6 is 0 Å². The zero-order valence-electron chi connectivity index (χ0n) is 17.5. The fraction of sp³-hybridized carbons (Fsp3) is 0.167. The van der Waals surface area contributed by atoms with Gasteiger partial charge < -0.3 is 14.2 Å². The maximum atomic E-state index is 13.0. The van der Waals surface area contributed by atoms with Crippen molar-refractivity contribution in [1.82, 2.24) is 5.43 Å². The van der Waals surface area contributed by atoms with E-state index in [1.54, 1.807) is 42.5 Å². The predicted octanol–water partition coefficient (Wildman–Crippen LogP) is 4.49. The number of nitrogens with zero attached hydrogens (tertiary/aromatic N) is 1. The second-order valence-corrected chi connectivity index (χ2v) is 6.73. The molecule has 0 unspecified atom stereocenters. The second kappa shape index (κ2) is 10.2. The molecule has 3 aromatic rings. The van der Waals surface area contributed by atoms with Crippen molar-refractivity contribution in [3.05, 3.63) is 88.7 Å². The Kier molecular flexibility index (Phi) is 7.22. The summed E-state index contributed by atoms with van der Waals surface area (Å²) in [4.78, 5) is 12.4. The SMILES string of the molecule is COc1cc(/C=N/NC(=O)c2ccc(C)cc2OC)ccc1OCc1ccc(F)cc1. The van der Waals surface area contributed by atoms with Crippen LogP contribution in [-0.4, -0.2) is 26.3 Å². The van der Waals surface area contributed by atoms with Gasteiger partial charge in [-0.25, -0.2) is 9.82 Å². The Balaban J connectivity index is 1.64. The average Bonchev–Trinajstić information content (AvgIpc) is 2.78. The minimum absolute atomic E-state index is 0.276. The summed E-state index contributed by atoms with van der Waals surface area (Å²) in [6.07, 6.45) is 1.50. The first kappa shape index (κ1) is 21.8. The lowest BCUT2D eigenvalue weighted by atomic mass is 10.1. The van der Waals surface area contributed by atoms with E-state index in [1.807, 2.05) is 13.0 Å². The minimum Gasteiger partial charge on any atom is -0.496 e. The van der Waals surface area contributed by atoms with Crippen LogP contribution in [0.1, 0.15) is 27.0 Å². The Bertz CT molecular complexity index is 1080. The molecule has 0 bridgehead atoms. The molecule has 0 aromatic heterocycles. The monoisotopic (exact) mass is 422 g/mol. The molecule has 0 spiro atoms. The number of ether oxygens (including phenoxy) is 3. The van der Waals surface area contributed by atoms with Crippen LogP contribution in [-0.2, 0) is 6.61 Å². The molecule has 0 radical (unpaired) electrons. The normalized spacial score (nSPS) is 10.7. The number of carbonyl (C=O) groups is 1. The van der Waals surface area contributed by atoms with Gasteiger partial charge in [-0.3, -0.25) is 4.79 Å². The van der Waals surface area contributed by atoms with E-state index in [0.717, 1.165) is 11.1 Å². The van der Waals surface area contributed by atoms with E-state index < -0.39 is 0 Å². The first-order valence-corrected chi connectivity index (χ1v) is 9.53. The Hall–Kier alpha value is -3.87. The number of halogens is 1. The number of carbonyl (C=O) groups excluding carboxylic acids is 1. The van der Waals surface area contributed by atoms with Crippen LogP contribution < -0.4 is 19.6 Å². The lowest BCUT2D eigenvalue weighted by Crippen LogP contribution is -2.18. The van der Waals surface area contributed by atoms with E-state index in [9.17, 15) is 9.18 Å². The molecule has 7 heteroatoms. The zero-order chi connectivity index (χ0) is 22.2. The molecule has 0 aliphatic rings. The van der Waals surface area contributed by atoms with Gasteiger partial charge in [0.2, 0.25) is 0 Å². The lowest BCUT2D eigenvalue weighted by molar-refractivity contribution is 0.0952. The molecular weight excluding hydrogens is 399 g/mol. The van der Waals surface area contributed by atoms with Crippen molar-refractivity contribution in [3.63, 3.8) is 0 Å². The van der Waals surface area contributed by atoms with E-state index in [2.05, 4.69) is 10.5 Å². The van der Waals surface area contributed by atoms with Gasteiger partial charge in [-0.05, 0) is 66.1 Å². The molecule has 0 heterocycles. The van der Waals surface area contributed by atoms with Crippen LogP contribution in [0.2, 0.25) is 0 Å². The molecule has 0 aliphatic carbocycles. The quantitative estimate of drug-likeness (QED) is 0.429. The van der Waals surface area contributed by atoms with E-state index in [-0.39, 0.29) is 18.3 Å². The van der Waals surface area contributed by atoms with Gasteiger partial charge in [-0.15, -0.1) is 0 Å². The fourth-order valence-corrected chi connectivity index (χ4v) is 2.84. The van der Waals surface area contributed by atoms with Crippen molar-refractivity contribution < 1.29 is 23.4 Å². The summed E-state index contributed by atoms with van der Waals surface area (Å²) in [5, 5.41) is 4.01. The molecule has 0 saturated carbocycles. The van der Waals surface area contributed by atoms with Gasteiger partial charge >= 0.3 is 0 Å². The number of hydrazone groups is 1. The van der Waals surface area contributed by atoms with Crippen LogP contribution in [0.4, 0.5) is 4.39 Å². The third-order valence-electron chi connectivity index (χ3n) is 4.48. The van der Waals surface area contributed by atoms with Crippen molar-refractivity contribution in [1.29, 1.82) is 0 Å². The molecule has 3 aromatic carbocycles. The number of rotatable bonds is 8. The van der Waals surface area contributed by atoms with Crippen molar-refractivity contribution in [2.75, 3.05) is 14.2 Å². The molecule has 3 rings (SSSR count). The highest BCUT2D eigenvalue weighted by Crippen LogP contribution is 2.28. The summed E-state index contributed by atoms with van der Waals surface area (Å²) in [6.45, 7) is 2.20. The Morgan fingerprint density at radius 2 is 1.71 bits per heavy atom. The van der Waals surface area contributed by atoms with Crippen molar-refractivity contribution in [2.45, 2.75) is 13.5 Å². The van der Waals surface area contributed by atoms with Crippen LogP contribution in [0.3, 0.4) is 0 Å². The highest BCUT2D eigenvalue weighted by atomic mass is 19.1. The third kappa shape index (κ3) is 5.82. The first-order valence-electron chi connectivity index (χ1n) is 9.53. The van der Waals surface area contributed by atoms with Crippen molar-refractivity contribution in [3.8, 4) is 17.2 Å². The number of aryl methyl sites for hydroxylation is 1. The van der Waals surface area contributed by atoms with E-state index in [4.69, 9.17) is 14.2 Å². The van der Waals surface area contributed by atoms with Gasteiger partial charge in [-0.2, -0.15) is 5.10 Å². The summed E-state index contributed by atoms with van der Waals surface area (Å²) >= 11 is 0. The average molecular weight is 422 g/mol. The van der Waals surface area contributed by atoms with Crippen molar-refractivity contribution in [2.24, 2.45) is 5.10 Å². The number of benzene rings is 3. The van der Waals surface area contributed by atoms with Gasteiger partial charge in [0.1, 0.15) is 18.2 Å². The Morgan fingerprint density at radius 3 is 2.42 bits per heavy atom. The maximum Gasteiger partial charge on any atom is 0.275 e. The predicted molar refractivity (Wildman–Crippen MR) is 117 cm³/mol. The first-order chi connectivity index (χ1) is 15.0. The van der Waals surface area contributed by atoms with Crippen LogP contribution in [0.5, 0.6) is 17.2 Å². The molecule has 0 atom stereocenters. The Labute approximate surface area is 180 Å². The molecule has 1 N–H and O–H groups in total. The summed E-state index contributed by atoms with van der Waals surface area (Å²) < 4.78 is 29.4. The molecule has 160 valence electrons. The third-order valence-corrected chi connectivity index (χ3v) is 4.48. The van der Waals surface area contributed by atoms with E-state index in [0.29, 0.717) is 28.4 Å². The number of hydrogen-bond acceptors (Lipinski definition) is 5.